The van der Waals surface area contributed by atoms with Crippen LogP contribution in [0.15, 0.2) is 47.3 Å². The van der Waals surface area contributed by atoms with Crippen molar-refractivity contribution in [3.8, 4) is 17.4 Å². The molecule has 0 saturated carbocycles. The quantitative estimate of drug-likeness (QED) is 0.509. The summed E-state index contributed by atoms with van der Waals surface area (Å²) >= 11 is 0. The summed E-state index contributed by atoms with van der Waals surface area (Å²) in [6, 6.07) is 8.84. The van der Waals surface area contributed by atoms with Crippen LogP contribution in [0.3, 0.4) is 0 Å². The number of fused-ring (bicyclic) bond motifs is 2. The van der Waals surface area contributed by atoms with Crippen LogP contribution in [0.1, 0.15) is 22.8 Å². The standard InChI is InChI=1S/C21H22N4O4/c22-20-19-18(16-2-1-9-28-16)15-4-3-14(26)12-17(15)29-21(19)23-13-25(20)6-5-24-7-10-27-11-8-24/h1-4,9,12-13,18,22,26H,5-8,10-11H2/p+1/t18-/m1/s1. The lowest BCUT2D eigenvalue weighted by atomic mass is 9.87. The fourth-order valence-corrected chi connectivity index (χ4v) is 3.98. The fourth-order valence-electron chi connectivity index (χ4n) is 3.98. The number of nitrogens with zero attached hydrogens (tertiary/aromatic N) is 3. The summed E-state index contributed by atoms with van der Waals surface area (Å²) in [6.07, 6.45) is 3.35. The van der Waals surface area contributed by atoms with Crippen LogP contribution in [0, 0.1) is 0 Å². The van der Waals surface area contributed by atoms with Crippen molar-refractivity contribution in [2.24, 2.45) is 0 Å². The Kier molecular flexibility index (Phi) is 4.57. The van der Waals surface area contributed by atoms with Gasteiger partial charge in [-0.3, -0.25) is 4.90 Å². The van der Waals surface area contributed by atoms with Crippen LogP contribution in [0.4, 0.5) is 5.82 Å². The lowest BCUT2D eigenvalue weighted by Crippen LogP contribution is -2.46. The zero-order valence-electron chi connectivity index (χ0n) is 16.0. The Bertz CT molecular complexity index is 1020. The molecular weight excluding hydrogens is 372 g/mol. The van der Waals surface area contributed by atoms with E-state index in [0.29, 0.717) is 17.4 Å². The monoisotopic (exact) mass is 395 g/mol. The number of anilines is 1. The number of furan rings is 1. The van der Waals surface area contributed by atoms with Crippen LogP contribution in [-0.2, 0) is 11.3 Å². The van der Waals surface area contributed by atoms with Crippen LogP contribution < -0.4 is 15.0 Å². The molecular formula is C21H23N4O4+. The van der Waals surface area contributed by atoms with E-state index >= 15 is 0 Å². The molecule has 0 radical (unpaired) electrons. The third-order valence-electron chi connectivity index (χ3n) is 5.52. The van der Waals surface area contributed by atoms with E-state index in [9.17, 15) is 5.11 Å². The molecule has 0 unspecified atom stereocenters. The molecule has 0 spiro atoms. The summed E-state index contributed by atoms with van der Waals surface area (Å²) in [5, 5.41) is 9.88. The number of phenols is 1. The van der Waals surface area contributed by atoms with Gasteiger partial charge in [-0.2, -0.15) is 0 Å². The van der Waals surface area contributed by atoms with E-state index in [2.05, 4.69) is 9.88 Å². The summed E-state index contributed by atoms with van der Waals surface area (Å²) in [5.74, 6) is 2.22. The van der Waals surface area contributed by atoms with E-state index in [0.717, 1.165) is 56.3 Å². The van der Waals surface area contributed by atoms with Gasteiger partial charge >= 0.3 is 5.88 Å². The van der Waals surface area contributed by atoms with E-state index in [-0.39, 0.29) is 11.7 Å². The molecule has 8 nitrogen and oxygen atoms in total. The predicted octanol–water partition coefficient (Wildman–Crippen LogP) is 1.87. The Hall–Kier alpha value is -3.10. The molecule has 0 bridgehead atoms. The van der Waals surface area contributed by atoms with Crippen molar-refractivity contribution < 1.29 is 23.6 Å². The smallest absolute Gasteiger partial charge is 0.306 e. The van der Waals surface area contributed by atoms with Gasteiger partial charge in [-0.25, -0.2) is 4.57 Å². The number of aromatic nitrogens is 2. The van der Waals surface area contributed by atoms with Crippen molar-refractivity contribution in [3.63, 3.8) is 0 Å². The summed E-state index contributed by atoms with van der Waals surface area (Å²) < 4.78 is 19.1. The zero-order chi connectivity index (χ0) is 19.8. The van der Waals surface area contributed by atoms with Gasteiger partial charge in [-0.1, -0.05) is 11.1 Å². The highest BCUT2D eigenvalue weighted by Crippen LogP contribution is 2.48. The maximum atomic E-state index is 9.88. The number of morpholine rings is 1. The van der Waals surface area contributed by atoms with E-state index in [4.69, 9.17) is 19.6 Å². The fraction of sp³-hybridized carbons (Fsp3) is 0.333. The van der Waals surface area contributed by atoms with Crippen LogP contribution in [0.5, 0.6) is 17.4 Å². The van der Waals surface area contributed by atoms with E-state index in [1.54, 1.807) is 24.7 Å². The third kappa shape index (κ3) is 3.30. The highest BCUT2D eigenvalue weighted by molar-refractivity contribution is 5.60. The van der Waals surface area contributed by atoms with Gasteiger partial charge in [0.25, 0.3) is 0 Å². The molecule has 2 aliphatic heterocycles. The zero-order valence-corrected chi connectivity index (χ0v) is 16.0. The Labute approximate surface area is 168 Å². The van der Waals surface area contributed by atoms with Crippen molar-refractivity contribution in [1.82, 2.24) is 9.88 Å². The molecule has 2 aliphatic rings. The maximum Gasteiger partial charge on any atom is 0.306 e. The molecule has 1 fully saturated rings. The molecule has 4 heterocycles. The molecule has 3 aromatic rings. The van der Waals surface area contributed by atoms with Gasteiger partial charge in [-0.05, 0) is 18.2 Å². The number of rotatable bonds is 4. The highest BCUT2D eigenvalue weighted by Gasteiger charge is 2.37. The summed E-state index contributed by atoms with van der Waals surface area (Å²) in [7, 11) is 0. The molecule has 5 rings (SSSR count). The number of hydrogen-bond acceptors (Lipinski definition) is 7. The SMILES string of the molecule is Nc1c2c(nc[n+]1CCN1CCOCC1)Oc1cc(O)ccc1[C@@H]2c1ccco1. The van der Waals surface area contributed by atoms with Crippen molar-refractivity contribution in [1.29, 1.82) is 0 Å². The second kappa shape index (κ2) is 7.38. The molecule has 2 aromatic heterocycles. The molecule has 1 saturated heterocycles. The predicted molar refractivity (Wildman–Crippen MR) is 104 cm³/mol. The average Bonchev–Trinajstić information content (AvgIpc) is 3.27. The average molecular weight is 395 g/mol. The van der Waals surface area contributed by atoms with Crippen molar-refractivity contribution >= 4 is 5.82 Å². The number of phenolic OH excluding ortho intramolecular Hbond substituents is 1. The molecule has 1 aromatic carbocycles. The molecule has 1 atom stereocenters. The first-order chi connectivity index (χ1) is 14.2. The second-order valence-electron chi connectivity index (χ2n) is 7.27. The number of aromatic hydroxyl groups is 1. The normalized spacial score (nSPS) is 18.7. The van der Waals surface area contributed by atoms with Crippen LogP contribution in [-0.4, -0.2) is 47.8 Å². The van der Waals surface area contributed by atoms with Crippen LogP contribution in [0.2, 0.25) is 0 Å². The number of benzene rings is 1. The van der Waals surface area contributed by atoms with Gasteiger partial charge < -0.3 is 24.7 Å². The highest BCUT2D eigenvalue weighted by atomic mass is 16.5. The largest absolute Gasteiger partial charge is 0.508 e. The molecule has 0 aliphatic carbocycles. The molecule has 150 valence electrons. The van der Waals surface area contributed by atoms with Crippen molar-refractivity contribution in [2.45, 2.75) is 12.5 Å². The van der Waals surface area contributed by atoms with Gasteiger partial charge in [-0.15, -0.1) is 0 Å². The molecule has 3 N–H and O–H groups in total. The third-order valence-corrected chi connectivity index (χ3v) is 5.52. The lowest BCUT2D eigenvalue weighted by Gasteiger charge is -2.27. The van der Waals surface area contributed by atoms with Crippen molar-refractivity contribution in [3.05, 3.63) is 59.8 Å². The minimum Gasteiger partial charge on any atom is -0.508 e. The first kappa shape index (κ1) is 18.0. The Morgan fingerprint density at radius 2 is 2.10 bits per heavy atom. The van der Waals surface area contributed by atoms with Crippen molar-refractivity contribution in [2.75, 3.05) is 38.6 Å². The van der Waals surface area contributed by atoms with Gasteiger partial charge in [0.1, 0.15) is 22.8 Å². The first-order valence-electron chi connectivity index (χ1n) is 9.73. The first-order valence-corrected chi connectivity index (χ1v) is 9.73. The van der Waals surface area contributed by atoms with Gasteiger partial charge in [0.05, 0.1) is 31.9 Å². The number of hydrogen-bond donors (Lipinski definition) is 2. The Morgan fingerprint density at radius 3 is 2.90 bits per heavy atom. The van der Waals surface area contributed by atoms with Crippen LogP contribution >= 0.6 is 0 Å². The molecule has 0 amide bonds. The van der Waals surface area contributed by atoms with Gasteiger partial charge in [0.2, 0.25) is 12.1 Å². The summed E-state index contributed by atoms with van der Waals surface area (Å²) in [6.45, 7) is 4.97. The second-order valence-corrected chi connectivity index (χ2v) is 7.27. The van der Waals surface area contributed by atoms with E-state index in [1.165, 1.54) is 0 Å². The Morgan fingerprint density at radius 1 is 1.24 bits per heavy atom. The lowest BCUT2D eigenvalue weighted by molar-refractivity contribution is -0.685. The molecule has 29 heavy (non-hydrogen) atoms. The number of nitrogens with two attached hydrogens (primary N) is 1. The topological polar surface area (TPSA) is 97.9 Å². The summed E-state index contributed by atoms with van der Waals surface area (Å²) in [4.78, 5) is 6.88. The van der Waals surface area contributed by atoms with Gasteiger partial charge in [0, 0.05) is 31.3 Å². The summed E-state index contributed by atoms with van der Waals surface area (Å²) in [5.41, 5.74) is 8.27. The Balaban J connectivity index is 1.53. The van der Waals surface area contributed by atoms with Crippen LogP contribution in [0.25, 0.3) is 0 Å². The minimum absolute atomic E-state index is 0.134. The van der Waals surface area contributed by atoms with E-state index < -0.39 is 0 Å². The molecule has 8 heteroatoms. The number of ether oxygens (including phenoxy) is 2. The minimum atomic E-state index is -0.257. The maximum absolute atomic E-state index is 9.88. The number of nitrogen functional groups attached to an aromatic ring is 1. The van der Waals surface area contributed by atoms with Gasteiger partial charge in [0.15, 0.2) is 0 Å². The van der Waals surface area contributed by atoms with E-state index in [1.807, 2.05) is 22.8 Å².